The first-order chi connectivity index (χ1) is 13.9. The van der Waals surface area contributed by atoms with Crippen molar-refractivity contribution in [1.29, 1.82) is 0 Å². The molecule has 2 aromatic rings. The molecule has 0 fully saturated rings. The second-order valence-electron chi connectivity index (χ2n) is 7.66. The Morgan fingerprint density at radius 2 is 1.59 bits per heavy atom. The van der Waals surface area contributed by atoms with Crippen LogP contribution in [0.1, 0.15) is 49.4 Å². The molecule has 2 amide bonds. The number of para-hydroxylation sites is 1. The Hall–Kier alpha value is -2.66. The van der Waals surface area contributed by atoms with Gasteiger partial charge in [0.1, 0.15) is 0 Å². The fraction of sp³-hybridized carbons (Fsp3) is 0.417. The highest BCUT2D eigenvalue weighted by Gasteiger charge is 2.20. The van der Waals surface area contributed by atoms with Gasteiger partial charge in [-0.05, 0) is 43.9 Å². The molecule has 2 aromatic carbocycles. The average Bonchev–Trinajstić information content (AvgIpc) is 2.69. The summed E-state index contributed by atoms with van der Waals surface area (Å²) in [7, 11) is 0. The lowest BCUT2D eigenvalue weighted by molar-refractivity contribution is -0.883. The Labute approximate surface area is 174 Å². The van der Waals surface area contributed by atoms with E-state index in [2.05, 4.69) is 55.7 Å². The van der Waals surface area contributed by atoms with Gasteiger partial charge in [0.25, 0.3) is 11.8 Å². The van der Waals surface area contributed by atoms with Crippen molar-refractivity contribution in [2.75, 3.05) is 25.0 Å². The molecule has 0 aliphatic rings. The highest BCUT2D eigenvalue weighted by molar-refractivity contribution is 5.92. The van der Waals surface area contributed by atoms with E-state index in [0.717, 1.165) is 41.1 Å². The second kappa shape index (κ2) is 11.4. The van der Waals surface area contributed by atoms with Crippen LogP contribution in [0, 0.1) is 13.8 Å². The molecule has 29 heavy (non-hydrogen) atoms. The van der Waals surface area contributed by atoms with Crippen LogP contribution in [-0.2, 0) is 9.59 Å². The molecule has 2 atom stereocenters. The zero-order valence-electron chi connectivity index (χ0n) is 18.0. The van der Waals surface area contributed by atoms with Gasteiger partial charge in [-0.15, -0.1) is 0 Å². The normalized spacial score (nSPS) is 12.8. The minimum atomic E-state index is -0.0684. The van der Waals surface area contributed by atoms with Crippen molar-refractivity contribution in [3.8, 4) is 0 Å². The van der Waals surface area contributed by atoms with E-state index in [1.165, 1.54) is 5.56 Å². The first-order valence-electron chi connectivity index (χ1n) is 10.5. The molecule has 0 radical (unpaired) electrons. The molecular weight excluding hydrogens is 362 g/mol. The van der Waals surface area contributed by atoms with Crippen LogP contribution in [0.5, 0.6) is 0 Å². The third-order valence-electron chi connectivity index (χ3n) is 5.07. The predicted molar refractivity (Wildman–Crippen MR) is 118 cm³/mol. The quantitative estimate of drug-likeness (QED) is 0.578. The lowest BCUT2D eigenvalue weighted by Crippen LogP contribution is -3.14. The molecule has 2 rings (SSSR count). The van der Waals surface area contributed by atoms with Crippen LogP contribution in [0.2, 0.25) is 0 Å². The van der Waals surface area contributed by atoms with Crippen LogP contribution in [0.4, 0.5) is 5.69 Å². The van der Waals surface area contributed by atoms with Crippen LogP contribution in [0.3, 0.4) is 0 Å². The molecule has 0 bridgehead atoms. The van der Waals surface area contributed by atoms with E-state index >= 15 is 0 Å². The van der Waals surface area contributed by atoms with E-state index in [0.29, 0.717) is 0 Å². The van der Waals surface area contributed by atoms with E-state index < -0.39 is 0 Å². The standard InChI is InChI=1S/C24H33N3O2/c1-5-15-27(17-24(29)26-22-10-8-7-9-19(22)4)16-23(28)25-21(6-2)20-13-11-18(3)12-14-20/h7-14,21H,5-6,15-17H2,1-4H3,(H,25,28)(H,26,29)/p+1/t21-/m1/s1. The van der Waals surface area contributed by atoms with Gasteiger partial charge in [0.2, 0.25) is 0 Å². The number of carbonyl (C=O) groups is 2. The van der Waals surface area contributed by atoms with Crippen LogP contribution in [0.15, 0.2) is 48.5 Å². The van der Waals surface area contributed by atoms with Crippen LogP contribution >= 0.6 is 0 Å². The van der Waals surface area contributed by atoms with Crippen LogP contribution in [-0.4, -0.2) is 31.4 Å². The van der Waals surface area contributed by atoms with E-state index in [9.17, 15) is 9.59 Å². The third-order valence-corrected chi connectivity index (χ3v) is 5.07. The van der Waals surface area contributed by atoms with Crippen molar-refractivity contribution in [2.24, 2.45) is 0 Å². The first kappa shape index (κ1) is 22.6. The fourth-order valence-corrected chi connectivity index (χ4v) is 3.42. The molecule has 0 spiro atoms. The van der Waals surface area contributed by atoms with Gasteiger partial charge in [-0.2, -0.15) is 0 Å². The minimum absolute atomic E-state index is 0.00762. The maximum atomic E-state index is 12.7. The van der Waals surface area contributed by atoms with E-state index in [1.807, 2.05) is 31.2 Å². The number of hydrogen-bond donors (Lipinski definition) is 3. The summed E-state index contributed by atoms with van der Waals surface area (Å²) in [5.74, 6) is -0.0920. The number of benzene rings is 2. The lowest BCUT2D eigenvalue weighted by atomic mass is 10.0. The molecule has 3 N–H and O–H groups in total. The second-order valence-corrected chi connectivity index (χ2v) is 7.66. The zero-order valence-corrected chi connectivity index (χ0v) is 18.0. The SMILES string of the molecule is CCC[NH+](CC(=O)Nc1ccccc1C)CC(=O)N[C@H](CC)c1ccc(C)cc1. The van der Waals surface area contributed by atoms with Crippen molar-refractivity contribution >= 4 is 17.5 Å². The van der Waals surface area contributed by atoms with Gasteiger partial charge >= 0.3 is 0 Å². The molecule has 0 aliphatic heterocycles. The summed E-state index contributed by atoms with van der Waals surface area (Å²) in [6, 6.07) is 16.0. The van der Waals surface area contributed by atoms with Crippen LogP contribution in [0.25, 0.3) is 0 Å². The van der Waals surface area contributed by atoms with E-state index in [-0.39, 0.29) is 30.9 Å². The third kappa shape index (κ3) is 7.35. The predicted octanol–water partition coefficient (Wildman–Crippen LogP) is 2.80. The van der Waals surface area contributed by atoms with Crippen LogP contribution < -0.4 is 15.5 Å². The van der Waals surface area contributed by atoms with Crippen molar-refractivity contribution in [2.45, 2.75) is 46.6 Å². The van der Waals surface area contributed by atoms with Crippen molar-refractivity contribution in [1.82, 2.24) is 5.32 Å². The number of anilines is 1. The topological polar surface area (TPSA) is 62.6 Å². The molecule has 0 saturated carbocycles. The molecule has 5 heteroatoms. The number of nitrogens with one attached hydrogen (secondary N) is 3. The van der Waals surface area contributed by atoms with E-state index in [1.54, 1.807) is 0 Å². The smallest absolute Gasteiger partial charge is 0.279 e. The molecule has 5 nitrogen and oxygen atoms in total. The van der Waals surface area contributed by atoms with Gasteiger partial charge in [0.05, 0.1) is 12.6 Å². The molecule has 0 aliphatic carbocycles. The lowest BCUT2D eigenvalue weighted by Gasteiger charge is -2.21. The number of carbonyl (C=O) groups excluding carboxylic acids is 2. The Morgan fingerprint density at radius 3 is 2.21 bits per heavy atom. The highest BCUT2D eigenvalue weighted by atomic mass is 16.2. The largest absolute Gasteiger partial charge is 0.344 e. The van der Waals surface area contributed by atoms with Gasteiger partial charge in [-0.3, -0.25) is 9.59 Å². The zero-order chi connectivity index (χ0) is 21.2. The molecule has 0 aromatic heterocycles. The maximum Gasteiger partial charge on any atom is 0.279 e. The Kier molecular flexibility index (Phi) is 8.87. The number of hydrogen-bond acceptors (Lipinski definition) is 2. The van der Waals surface area contributed by atoms with Gasteiger partial charge in [0.15, 0.2) is 13.1 Å². The molecular formula is C24H34N3O2+. The summed E-state index contributed by atoms with van der Waals surface area (Å²) in [6.45, 7) is 9.49. The molecule has 0 heterocycles. The number of amides is 2. The van der Waals surface area contributed by atoms with Gasteiger partial charge in [-0.1, -0.05) is 61.9 Å². The summed E-state index contributed by atoms with van der Waals surface area (Å²) in [5.41, 5.74) is 4.16. The van der Waals surface area contributed by atoms with E-state index in [4.69, 9.17) is 0 Å². The summed E-state index contributed by atoms with van der Waals surface area (Å²) in [6.07, 6.45) is 1.74. The summed E-state index contributed by atoms with van der Waals surface area (Å²) in [4.78, 5) is 26.1. The summed E-state index contributed by atoms with van der Waals surface area (Å²) in [5, 5.41) is 6.10. The molecule has 0 saturated heterocycles. The molecule has 156 valence electrons. The first-order valence-corrected chi connectivity index (χ1v) is 10.5. The monoisotopic (exact) mass is 396 g/mol. The van der Waals surface area contributed by atoms with Crippen molar-refractivity contribution in [3.63, 3.8) is 0 Å². The average molecular weight is 397 g/mol. The maximum absolute atomic E-state index is 12.7. The van der Waals surface area contributed by atoms with Crippen molar-refractivity contribution < 1.29 is 14.5 Å². The summed E-state index contributed by atoms with van der Waals surface area (Å²) < 4.78 is 0. The number of aryl methyl sites for hydroxylation is 2. The van der Waals surface area contributed by atoms with Gasteiger partial charge < -0.3 is 15.5 Å². The Morgan fingerprint density at radius 1 is 0.931 bits per heavy atom. The fourth-order valence-electron chi connectivity index (χ4n) is 3.42. The van der Waals surface area contributed by atoms with Gasteiger partial charge in [-0.25, -0.2) is 0 Å². The Bertz CT molecular complexity index is 802. The highest BCUT2D eigenvalue weighted by Crippen LogP contribution is 2.16. The summed E-state index contributed by atoms with van der Waals surface area (Å²) >= 11 is 0. The van der Waals surface area contributed by atoms with Gasteiger partial charge in [0, 0.05) is 5.69 Å². The number of quaternary nitrogens is 1. The molecule has 1 unspecified atom stereocenters. The van der Waals surface area contributed by atoms with Crippen molar-refractivity contribution in [3.05, 3.63) is 65.2 Å². The number of rotatable bonds is 10. The minimum Gasteiger partial charge on any atom is -0.344 e. The Balaban J connectivity index is 1.94.